The van der Waals surface area contributed by atoms with Crippen molar-refractivity contribution in [2.75, 3.05) is 16.4 Å². The largest absolute Gasteiger partial charge is 0.326 e. The minimum Gasteiger partial charge on any atom is -0.326 e. The van der Waals surface area contributed by atoms with Crippen molar-refractivity contribution in [2.24, 2.45) is 7.05 Å². The normalized spacial score (nSPS) is 13.3. The van der Waals surface area contributed by atoms with Crippen molar-refractivity contribution in [3.8, 4) is 0 Å². The van der Waals surface area contributed by atoms with Crippen LogP contribution >= 0.6 is 23.1 Å². The number of hydrogen-bond acceptors (Lipinski definition) is 8. The van der Waals surface area contributed by atoms with Gasteiger partial charge in [-0.2, -0.15) is 0 Å². The number of aromatic nitrogens is 5. The van der Waals surface area contributed by atoms with Gasteiger partial charge in [0.25, 0.3) is 0 Å². The number of hydrogen-bond donors (Lipinski definition) is 2. The Bertz CT molecular complexity index is 1120. The predicted octanol–water partition coefficient (Wildman–Crippen LogP) is 3.07. The lowest BCUT2D eigenvalue weighted by atomic mass is 10.1. The van der Waals surface area contributed by atoms with E-state index in [9.17, 15) is 9.59 Å². The van der Waals surface area contributed by atoms with Crippen LogP contribution in [0, 0.1) is 13.8 Å². The zero-order valence-electron chi connectivity index (χ0n) is 17.5. The van der Waals surface area contributed by atoms with E-state index in [1.165, 1.54) is 28.7 Å². The van der Waals surface area contributed by atoms with Gasteiger partial charge >= 0.3 is 0 Å². The van der Waals surface area contributed by atoms with E-state index in [0.717, 1.165) is 29.1 Å². The van der Waals surface area contributed by atoms with Crippen molar-refractivity contribution in [3.05, 3.63) is 40.2 Å². The molecule has 1 aliphatic carbocycles. The summed E-state index contributed by atoms with van der Waals surface area (Å²) in [4.78, 5) is 24.6. The van der Waals surface area contributed by atoms with Gasteiger partial charge in [0.15, 0.2) is 5.16 Å². The van der Waals surface area contributed by atoms with Crippen LogP contribution in [0.3, 0.4) is 0 Å². The number of anilines is 2. The first-order chi connectivity index (χ1) is 14.9. The zero-order chi connectivity index (χ0) is 22.0. The molecule has 1 aromatic carbocycles. The fraction of sp³-hybridized carbons (Fsp3) is 0.400. The summed E-state index contributed by atoms with van der Waals surface area (Å²) >= 11 is 2.69. The molecule has 1 saturated carbocycles. The molecule has 0 saturated heterocycles. The molecule has 2 amide bonds. The summed E-state index contributed by atoms with van der Waals surface area (Å²) in [6.07, 6.45) is 2.39. The molecule has 0 spiro atoms. The van der Waals surface area contributed by atoms with Gasteiger partial charge in [-0.05, 0) is 49.9 Å². The molecule has 9 nitrogen and oxygen atoms in total. The lowest BCUT2D eigenvalue weighted by Gasteiger charge is -2.08. The third kappa shape index (κ3) is 5.47. The molecule has 0 unspecified atom stereocenters. The highest BCUT2D eigenvalue weighted by Crippen LogP contribution is 2.42. The van der Waals surface area contributed by atoms with E-state index in [4.69, 9.17) is 0 Å². The fourth-order valence-electron chi connectivity index (χ4n) is 2.86. The third-order valence-corrected chi connectivity index (χ3v) is 7.00. The second kappa shape index (κ2) is 9.15. The van der Waals surface area contributed by atoms with Crippen LogP contribution in [-0.2, 0) is 23.1 Å². The van der Waals surface area contributed by atoms with Crippen molar-refractivity contribution in [3.63, 3.8) is 0 Å². The molecule has 0 aliphatic heterocycles. The lowest BCUT2D eigenvalue weighted by molar-refractivity contribution is -0.116. The van der Waals surface area contributed by atoms with Crippen molar-refractivity contribution >= 4 is 45.7 Å². The molecule has 2 heterocycles. The summed E-state index contributed by atoms with van der Waals surface area (Å²) in [5, 5.41) is 24.1. The monoisotopic (exact) mass is 457 g/mol. The fourth-order valence-corrected chi connectivity index (χ4v) is 4.52. The number of carbonyl (C=O) groups excluding carboxylic acids is 2. The molecule has 2 N–H and O–H groups in total. The number of aryl methyl sites for hydroxylation is 2. The molecular formula is C20H23N7O2S2. The number of nitrogens with zero attached hydrogens (tertiary/aromatic N) is 5. The second-order valence-electron chi connectivity index (χ2n) is 7.54. The lowest BCUT2D eigenvalue weighted by Crippen LogP contribution is -2.17. The maximum atomic E-state index is 12.4. The number of nitrogens with one attached hydrogen (secondary N) is 2. The standard InChI is InChI=1S/C20H23N7O2S2/c1-11-4-7-14(8-12(11)2)21-16(28)9-15-23-26-20(27(15)3)30-10-17(29)22-19-25-24-18(31-19)13-5-6-13/h4,7-8,13H,5-6,9-10H2,1-3H3,(H,21,28)(H,22,25,29). The van der Waals surface area contributed by atoms with Gasteiger partial charge in [-0.15, -0.1) is 20.4 Å². The first-order valence-electron chi connectivity index (χ1n) is 9.90. The van der Waals surface area contributed by atoms with Crippen LogP contribution < -0.4 is 10.6 Å². The Labute approximate surface area is 188 Å². The van der Waals surface area contributed by atoms with Crippen molar-refractivity contribution in [1.82, 2.24) is 25.0 Å². The quantitative estimate of drug-likeness (QED) is 0.500. The Morgan fingerprint density at radius 1 is 1.10 bits per heavy atom. The number of carbonyl (C=O) groups is 2. The number of rotatable bonds is 8. The van der Waals surface area contributed by atoms with E-state index in [2.05, 4.69) is 31.0 Å². The average Bonchev–Trinajstić information content (AvgIpc) is 3.39. The van der Waals surface area contributed by atoms with Crippen LogP contribution in [0.4, 0.5) is 10.8 Å². The zero-order valence-corrected chi connectivity index (χ0v) is 19.1. The minimum atomic E-state index is -0.180. The van der Waals surface area contributed by atoms with Gasteiger partial charge in [-0.3, -0.25) is 14.9 Å². The molecule has 0 atom stereocenters. The van der Waals surface area contributed by atoms with Gasteiger partial charge in [0.05, 0.1) is 12.2 Å². The Balaban J connectivity index is 1.28. The molecule has 4 rings (SSSR count). The van der Waals surface area contributed by atoms with E-state index >= 15 is 0 Å². The van der Waals surface area contributed by atoms with Crippen LogP contribution in [0.25, 0.3) is 0 Å². The van der Waals surface area contributed by atoms with Crippen LogP contribution in [0.1, 0.15) is 40.7 Å². The summed E-state index contributed by atoms with van der Waals surface area (Å²) in [5.41, 5.74) is 3.04. The summed E-state index contributed by atoms with van der Waals surface area (Å²) in [5.74, 6) is 0.861. The van der Waals surface area contributed by atoms with Gasteiger partial charge in [0.1, 0.15) is 10.8 Å². The summed E-state index contributed by atoms with van der Waals surface area (Å²) in [7, 11) is 1.78. The Hall–Kier alpha value is -2.79. The molecule has 31 heavy (non-hydrogen) atoms. The molecule has 3 aromatic rings. The van der Waals surface area contributed by atoms with E-state index in [1.807, 2.05) is 32.0 Å². The Kier molecular flexibility index (Phi) is 6.33. The predicted molar refractivity (Wildman–Crippen MR) is 120 cm³/mol. The number of thioether (sulfide) groups is 1. The summed E-state index contributed by atoms with van der Waals surface area (Å²) in [6, 6.07) is 5.79. The highest BCUT2D eigenvalue weighted by atomic mass is 32.2. The third-order valence-electron chi connectivity index (χ3n) is 4.98. The maximum absolute atomic E-state index is 12.4. The number of amides is 2. The molecule has 0 radical (unpaired) electrons. The Morgan fingerprint density at radius 2 is 1.90 bits per heavy atom. The van der Waals surface area contributed by atoms with Crippen LogP contribution in [0.5, 0.6) is 0 Å². The van der Waals surface area contributed by atoms with Crippen molar-refractivity contribution < 1.29 is 9.59 Å². The molecule has 1 aliphatic rings. The maximum Gasteiger partial charge on any atom is 0.236 e. The molecule has 1 fully saturated rings. The molecule has 2 aromatic heterocycles. The topological polar surface area (TPSA) is 115 Å². The molecule has 162 valence electrons. The molecule has 11 heteroatoms. The van der Waals surface area contributed by atoms with E-state index in [1.54, 1.807) is 11.6 Å². The van der Waals surface area contributed by atoms with Crippen LogP contribution in [-0.4, -0.2) is 42.5 Å². The van der Waals surface area contributed by atoms with Gasteiger partial charge in [-0.25, -0.2) is 0 Å². The Morgan fingerprint density at radius 3 is 2.65 bits per heavy atom. The van der Waals surface area contributed by atoms with Crippen molar-refractivity contribution in [2.45, 2.75) is 44.2 Å². The summed E-state index contributed by atoms with van der Waals surface area (Å²) in [6.45, 7) is 4.03. The summed E-state index contributed by atoms with van der Waals surface area (Å²) < 4.78 is 1.73. The van der Waals surface area contributed by atoms with E-state index < -0.39 is 0 Å². The van der Waals surface area contributed by atoms with E-state index in [-0.39, 0.29) is 24.0 Å². The SMILES string of the molecule is Cc1ccc(NC(=O)Cc2nnc(SCC(=O)Nc3nnc(C4CC4)s3)n2C)cc1C. The van der Waals surface area contributed by atoms with E-state index in [0.29, 0.717) is 22.0 Å². The van der Waals surface area contributed by atoms with Crippen LogP contribution in [0.2, 0.25) is 0 Å². The highest BCUT2D eigenvalue weighted by Gasteiger charge is 2.27. The first kappa shape index (κ1) is 21.4. The minimum absolute atomic E-state index is 0.0951. The molecule has 0 bridgehead atoms. The van der Waals surface area contributed by atoms with Gasteiger partial charge in [0.2, 0.25) is 16.9 Å². The van der Waals surface area contributed by atoms with Crippen LogP contribution in [0.15, 0.2) is 23.4 Å². The van der Waals surface area contributed by atoms with Gasteiger partial charge < -0.3 is 9.88 Å². The average molecular weight is 458 g/mol. The van der Waals surface area contributed by atoms with Gasteiger partial charge in [0, 0.05) is 18.7 Å². The smallest absolute Gasteiger partial charge is 0.236 e. The van der Waals surface area contributed by atoms with Crippen molar-refractivity contribution in [1.29, 1.82) is 0 Å². The second-order valence-corrected chi connectivity index (χ2v) is 9.49. The van der Waals surface area contributed by atoms with Gasteiger partial charge in [-0.1, -0.05) is 29.2 Å². The highest BCUT2D eigenvalue weighted by molar-refractivity contribution is 7.99. The first-order valence-corrected chi connectivity index (χ1v) is 11.7. The number of benzene rings is 1. The molecular weight excluding hydrogens is 434 g/mol.